The van der Waals surface area contributed by atoms with Crippen LogP contribution in [0.4, 0.5) is 20.2 Å². The van der Waals surface area contributed by atoms with Crippen molar-refractivity contribution in [1.82, 2.24) is 14.5 Å². The molecule has 1 fully saturated rings. The molecular weight excluding hydrogens is 556 g/mol. The maximum atomic E-state index is 16.1. The van der Waals surface area contributed by atoms with Gasteiger partial charge in [-0.05, 0) is 61.4 Å². The van der Waals surface area contributed by atoms with Crippen LogP contribution in [0.3, 0.4) is 0 Å². The molecule has 2 atom stereocenters. The zero-order valence-electron chi connectivity index (χ0n) is 24.7. The summed E-state index contributed by atoms with van der Waals surface area (Å²) in [6, 6.07) is 6.53. The van der Waals surface area contributed by atoms with E-state index in [9.17, 15) is 19.8 Å². The first-order valence-electron chi connectivity index (χ1n) is 14.3. The average molecular weight is 590 g/mol. The molecule has 0 radical (unpaired) electrons. The van der Waals surface area contributed by atoms with Crippen molar-refractivity contribution in [2.45, 2.75) is 52.0 Å². The van der Waals surface area contributed by atoms with Crippen molar-refractivity contribution in [2.24, 2.45) is 5.92 Å². The van der Waals surface area contributed by atoms with Crippen LogP contribution in [0.2, 0.25) is 0 Å². The third-order valence-electron chi connectivity index (χ3n) is 8.84. The Balaban J connectivity index is 1.84. The Kier molecular flexibility index (Phi) is 6.76. The monoisotopic (exact) mass is 589 g/mol. The maximum absolute atomic E-state index is 16.1. The van der Waals surface area contributed by atoms with Crippen LogP contribution in [0.15, 0.2) is 41.3 Å². The Morgan fingerprint density at radius 2 is 1.86 bits per heavy atom. The van der Waals surface area contributed by atoms with Gasteiger partial charge in [-0.15, -0.1) is 0 Å². The lowest BCUT2D eigenvalue weighted by Gasteiger charge is -2.53. The number of aromatic nitrogens is 3. The number of fused-ring (bicyclic) bond motifs is 5. The first-order valence-corrected chi connectivity index (χ1v) is 14.3. The third-order valence-corrected chi connectivity index (χ3v) is 8.84. The van der Waals surface area contributed by atoms with Crippen molar-refractivity contribution in [3.05, 3.63) is 69.8 Å². The number of amides is 1. The number of anilines is 2. The molecule has 2 aliphatic rings. The molecule has 1 aromatic carbocycles. The molecule has 4 aromatic rings. The molecule has 0 bridgehead atoms. The highest BCUT2D eigenvalue weighted by Crippen LogP contribution is 2.48. The largest absolute Gasteiger partial charge is 0.507 e. The Hall–Kier alpha value is -4.38. The molecule has 0 aliphatic carbocycles. The summed E-state index contributed by atoms with van der Waals surface area (Å²) < 4.78 is 32.5. The number of pyridine rings is 3. The number of phenolic OH excluding ortho intramolecular Hbond substituents is 1. The number of halogens is 2. The highest BCUT2D eigenvalue weighted by atomic mass is 19.1. The number of carbonyl (C=O) groups is 1. The molecule has 0 spiro atoms. The lowest BCUT2D eigenvalue weighted by Crippen LogP contribution is -2.68. The first kappa shape index (κ1) is 28.7. The molecule has 6 rings (SSSR count). The Morgan fingerprint density at radius 1 is 1.12 bits per heavy atom. The van der Waals surface area contributed by atoms with Gasteiger partial charge in [0.05, 0.1) is 29.2 Å². The second kappa shape index (κ2) is 10.1. The van der Waals surface area contributed by atoms with Gasteiger partial charge in [-0.3, -0.25) is 19.1 Å². The van der Waals surface area contributed by atoms with Crippen molar-refractivity contribution in [2.75, 3.05) is 30.0 Å². The van der Waals surface area contributed by atoms with Gasteiger partial charge in [0.1, 0.15) is 28.5 Å². The van der Waals surface area contributed by atoms with Crippen LogP contribution < -0.4 is 15.4 Å². The minimum atomic E-state index is -1.34. The number of aliphatic hydroxyl groups excluding tert-OH is 1. The molecule has 2 N–H and O–H groups in total. The number of nitrogens with zero attached hydrogens (tertiary/aromatic N) is 5. The lowest BCUT2D eigenvalue weighted by molar-refractivity contribution is -0.126. The van der Waals surface area contributed by atoms with E-state index in [1.807, 2.05) is 27.7 Å². The van der Waals surface area contributed by atoms with Crippen LogP contribution in [0.5, 0.6) is 5.75 Å². The molecule has 1 saturated heterocycles. The van der Waals surface area contributed by atoms with Gasteiger partial charge in [0.25, 0.3) is 11.5 Å². The Morgan fingerprint density at radius 3 is 2.53 bits per heavy atom. The minimum absolute atomic E-state index is 0.00798. The highest BCUT2D eigenvalue weighted by molar-refractivity contribution is 6.13. The quantitative estimate of drug-likeness (QED) is 0.352. The maximum Gasteiger partial charge on any atom is 0.283 e. The average Bonchev–Trinajstić information content (AvgIpc) is 2.96. The lowest BCUT2D eigenvalue weighted by atomic mass is 9.79. The molecular formula is C32H33F2N5O4. The van der Waals surface area contributed by atoms with Gasteiger partial charge < -0.3 is 20.0 Å². The smallest absolute Gasteiger partial charge is 0.283 e. The molecule has 1 amide bonds. The topological polar surface area (TPSA) is 112 Å². The van der Waals surface area contributed by atoms with Gasteiger partial charge in [0.15, 0.2) is 11.5 Å². The predicted molar refractivity (Wildman–Crippen MR) is 160 cm³/mol. The normalized spacial score (nSPS) is 20.1. The number of aromatic hydroxyl groups is 1. The molecule has 5 heterocycles. The van der Waals surface area contributed by atoms with E-state index >= 15 is 8.78 Å². The zero-order valence-corrected chi connectivity index (χ0v) is 24.7. The number of hydrogen-bond acceptors (Lipinski definition) is 7. The SMILES string of the molecule is Cc1ccnc(C(C)C)c1-n1c(=O)c2c(c3cc(F)c(-c4c(O)cccc4F)nc31)N1C[C@@H](C)CC[C@]1(CO)C(=O)N2C. The number of hydrogen-bond donors (Lipinski definition) is 2. The predicted octanol–water partition coefficient (Wildman–Crippen LogP) is 4.81. The number of phenols is 1. The molecule has 0 saturated carbocycles. The number of likely N-dealkylation sites (N-methyl/N-ethyl adjacent to an activating group) is 1. The van der Waals surface area contributed by atoms with E-state index in [0.717, 1.165) is 6.07 Å². The Labute approximate surface area is 247 Å². The molecule has 2 aliphatic heterocycles. The fraction of sp³-hybridized carbons (Fsp3) is 0.375. The number of aryl methyl sites for hydroxylation is 1. The zero-order chi connectivity index (χ0) is 31.0. The van der Waals surface area contributed by atoms with Crippen molar-refractivity contribution in [3.8, 4) is 22.7 Å². The van der Waals surface area contributed by atoms with Crippen LogP contribution in [-0.2, 0) is 4.79 Å². The van der Waals surface area contributed by atoms with Gasteiger partial charge in [0.2, 0.25) is 0 Å². The van der Waals surface area contributed by atoms with Crippen molar-refractivity contribution in [3.63, 3.8) is 0 Å². The van der Waals surface area contributed by atoms with Crippen LogP contribution in [-0.4, -0.2) is 56.4 Å². The van der Waals surface area contributed by atoms with Crippen molar-refractivity contribution >= 4 is 28.3 Å². The van der Waals surface area contributed by atoms with E-state index in [4.69, 9.17) is 0 Å². The molecule has 224 valence electrons. The van der Waals surface area contributed by atoms with Gasteiger partial charge in [-0.25, -0.2) is 13.8 Å². The summed E-state index contributed by atoms with van der Waals surface area (Å²) >= 11 is 0. The highest BCUT2D eigenvalue weighted by Gasteiger charge is 2.54. The molecule has 3 aromatic heterocycles. The standard InChI is InChI=1S/C32H33F2N5O4/c1-16(2)24-26(18(4)10-12-35-24)39-29-19(13-21(34)25(36-29)23-20(33)7-6-8-22(23)41)27-28(30(39)42)37(5)31(43)32(15-40)11-9-17(3)14-38(27)32/h6-8,10,12-13,16-17,40-41H,9,11,14-15H2,1-5H3/t17-,32-/m0/s1. The number of benzene rings is 1. The minimum Gasteiger partial charge on any atom is -0.507 e. The van der Waals surface area contributed by atoms with E-state index in [1.165, 1.54) is 34.7 Å². The molecule has 11 heteroatoms. The van der Waals surface area contributed by atoms with E-state index in [0.29, 0.717) is 36.3 Å². The molecule has 0 unspecified atom stereocenters. The fourth-order valence-corrected chi connectivity index (χ4v) is 6.62. The summed E-state index contributed by atoms with van der Waals surface area (Å²) in [7, 11) is 1.49. The first-order chi connectivity index (χ1) is 20.4. The van der Waals surface area contributed by atoms with Gasteiger partial charge in [0, 0.05) is 25.2 Å². The van der Waals surface area contributed by atoms with Crippen LogP contribution in [0, 0.1) is 24.5 Å². The van der Waals surface area contributed by atoms with E-state index in [1.54, 1.807) is 17.2 Å². The summed E-state index contributed by atoms with van der Waals surface area (Å²) in [6.45, 7) is 7.51. The van der Waals surface area contributed by atoms with E-state index < -0.39 is 52.3 Å². The second-order valence-corrected chi connectivity index (χ2v) is 12.0. The Bertz CT molecular complexity index is 1850. The number of aliphatic hydroxyl groups is 1. The number of rotatable bonds is 4. The summed E-state index contributed by atoms with van der Waals surface area (Å²) in [5, 5.41) is 21.4. The summed E-state index contributed by atoms with van der Waals surface area (Å²) in [5.41, 5.74) is -0.846. The summed E-state index contributed by atoms with van der Waals surface area (Å²) in [5.74, 6) is -2.76. The van der Waals surface area contributed by atoms with Crippen LogP contribution >= 0.6 is 0 Å². The third kappa shape index (κ3) is 4.05. The summed E-state index contributed by atoms with van der Waals surface area (Å²) in [4.78, 5) is 40.8. The van der Waals surface area contributed by atoms with Gasteiger partial charge in [-0.1, -0.05) is 26.8 Å². The van der Waals surface area contributed by atoms with Crippen molar-refractivity contribution < 1.29 is 23.8 Å². The van der Waals surface area contributed by atoms with Gasteiger partial charge >= 0.3 is 0 Å². The van der Waals surface area contributed by atoms with E-state index in [2.05, 4.69) is 9.97 Å². The fourth-order valence-electron chi connectivity index (χ4n) is 6.62. The van der Waals surface area contributed by atoms with Crippen molar-refractivity contribution in [1.29, 1.82) is 0 Å². The van der Waals surface area contributed by atoms with Crippen LogP contribution in [0.1, 0.15) is 50.8 Å². The number of carbonyl (C=O) groups excluding carboxylic acids is 1. The van der Waals surface area contributed by atoms with Gasteiger partial charge in [-0.2, -0.15) is 0 Å². The van der Waals surface area contributed by atoms with Crippen LogP contribution in [0.25, 0.3) is 28.0 Å². The molecule has 43 heavy (non-hydrogen) atoms. The summed E-state index contributed by atoms with van der Waals surface area (Å²) in [6.07, 6.45) is 2.65. The van der Waals surface area contributed by atoms with E-state index in [-0.39, 0.29) is 34.2 Å². The number of piperidine rings is 1. The molecule has 9 nitrogen and oxygen atoms in total. The second-order valence-electron chi connectivity index (χ2n) is 12.0.